The maximum Gasteiger partial charge on any atom is 0.277 e. The van der Waals surface area contributed by atoms with Crippen molar-refractivity contribution in [2.24, 2.45) is 0 Å². The van der Waals surface area contributed by atoms with Crippen LogP contribution in [0.4, 0.5) is 17.5 Å². The van der Waals surface area contributed by atoms with Gasteiger partial charge >= 0.3 is 0 Å². The minimum atomic E-state index is -1.06. The Morgan fingerprint density at radius 2 is 2.20 bits per heavy atom. The number of nitrogens with zero attached hydrogens (tertiary/aromatic N) is 2. The van der Waals surface area contributed by atoms with Crippen molar-refractivity contribution in [3.05, 3.63) is 10.4 Å². The number of aliphatic hydroxyl groups is 2. The molecule has 2 rings (SSSR count). The van der Waals surface area contributed by atoms with Crippen LogP contribution in [0.5, 0.6) is 0 Å². The van der Waals surface area contributed by atoms with Gasteiger partial charge in [0.2, 0.25) is 5.95 Å². The van der Waals surface area contributed by atoms with Crippen molar-refractivity contribution in [3.63, 3.8) is 0 Å². The van der Waals surface area contributed by atoms with Crippen molar-refractivity contribution in [1.29, 1.82) is 0 Å². The summed E-state index contributed by atoms with van der Waals surface area (Å²) in [4.78, 5) is 19.5. The van der Waals surface area contributed by atoms with E-state index < -0.39 is 6.29 Å². The van der Waals surface area contributed by atoms with Crippen molar-refractivity contribution >= 4 is 17.5 Å². The zero-order valence-corrected chi connectivity index (χ0v) is 10.6. The van der Waals surface area contributed by atoms with E-state index in [4.69, 9.17) is 15.6 Å². The maximum absolute atomic E-state index is 11.5. The number of aromatic amines is 1. The van der Waals surface area contributed by atoms with Crippen molar-refractivity contribution in [2.45, 2.75) is 12.7 Å². The molecule has 10 N–H and O–H groups in total. The number of hydrogen-bond donors (Lipinski definition) is 5. The van der Waals surface area contributed by atoms with E-state index in [1.54, 1.807) is 4.90 Å². The van der Waals surface area contributed by atoms with Crippen molar-refractivity contribution in [2.75, 3.05) is 36.0 Å². The van der Waals surface area contributed by atoms with Crippen LogP contribution in [0.15, 0.2) is 4.79 Å². The smallest absolute Gasteiger partial charge is 0.277 e. The fourth-order valence-electron chi connectivity index (χ4n) is 1.59. The molecule has 2 heterocycles. The Labute approximate surface area is 113 Å². The van der Waals surface area contributed by atoms with Crippen LogP contribution in [0.25, 0.3) is 0 Å². The molecule has 1 aromatic rings. The Balaban J connectivity index is 0.00000180. The Bertz CT molecular complexity index is 480. The highest BCUT2D eigenvalue weighted by Crippen LogP contribution is 2.25. The van der Waals surface area contributed by atoms with Crippen molar-refractivity contribution in [1.82, 2.24) is 9.97 Å². The summed E-state index contributed by atoms with van der Waals surface area (Å²) < 4.78 is 5.09. The van der Waals surface area contributed by atoms with Gasteiger partial charge in [-0.2, -0.15) is 4.98 Å². The number of fused-ring (bicyclic) bond motifs is 1. The molecule has 0 fully saturated rings. The van der Waals surface area contributed by atoms with Crippen molar-refractivity contribution < 1.29 is 25.9 Å². The molecule has 1 aromatic heterocycles. The highest BCUT2D eigenvalue weighted by molar-refractivity contribution is 5.70. The van der Waals surface area contributed by atoms with Gasteiger partial charge in [-0.1, -0.05) is 0 Å². The first-order chi connectivity index (χ1) is 8.61. The quantitative estimate of drug-likeness (QED) is 0.345. The predicted octanol–water partition coefficient (Wildman–Crippen LogP) is -3.43. The van der Waals surface area contributed by atoms with Crippen LogP contribution < -0.4 is 21.5 Å². The normalized spacial score (nSPS) is 13.8. The Hall–Kier alpha value is -1.92. The van der Waals surface area contributed by atoms with Gasteiger partial charge in [-0.05, 0) is 0 Å². The van der Waals surface area contributed by atoms with E-state index in [1.807, 2.05) is 0 Å². The van der Waals surface area contributed by atoms with E-state index in [1.165, 1.54) is 0 Å². The molecule has 0 radical (unpaired) electrons. The zero-order valence-electron chi connectivity index (χ0n) is 10.6. The van der Waals surface area contributed by atoms with E-state index in [9.17, 15) is 9.90 Å². The monoisotopic (exact) mass is 293 g/mol. The van der Waals surface area contributed by atoms with Crippen LogP contribution in [-0.2, 0) is 4.74 Å². The lowest BCUT2D eigenvalue weighted by Crippen LogP contribution is -2.30. The van der Waals surface area contributed by atoms with Crippen molar-refractivity contribution in [3.8, 4) is 0 Å². The van der Waals surface area contributed by atoms with Gasteiger partial charge in [0.25, 0.3) is 5.56 Å². The summed E-state index contributed by atoms with van der Waals surface area (Å²) in [5.74, 6) is 0.399. The highest BCUT2D eigenvalue weighted by atomic mass is 16.6. The van der Waals surface area contributed by atoms with Crippen LogP contribution >= 0.6 is 0 Å². The van der Waals surface area contributed by atoms with Gasteiger partial charge < -0.3 is 41.9 Å². The summed E-state index contributed by atoms with van der Waals surface area (Å²) >= 11 is 0. The topological polar surface area (TPSA) is 200 Å². The molecule has 20 heavy (non-hydrogen) atoms. The van der Waals surface area contributed by atoms with Crippen LogP contribution in [0.3, 0.4) is 0 Å². The third-order valence-corrected chi connectivity index (χ3v) is 2.46. The summed E-state index contributed by atoms with van der Waals surface area (Å²) in [6, 6.07) is 0. The highest BCUT2D eigenvalue weighted by Gasteiger charge is 2.24. The van der Waals surface area contributed by atoms with Gasteiger partial charge in [-0.3, -0.25) is 9.78 Å². The fraction of sp³-hybridized carbons (Fsp3) is 0.556. The average molecular weight is 293 g/mol. The van der Waals surface area contributed by atoms with E-state index in [0.717, 1.165) is 0 Å². The van der Waals surface area contributed by atoms with Crippen LogP contribution in [0.1, 0.15) is 6.42 Å². The lowest BCUT2D eigenvalue weighted by Gasteiger charge is -2.19. The predicted molar refractivity (Wildman–Crippen MR) is 71.1 cm³/mol. The molecule has 0 saturated heterocycles. The third kappa shape index (κ3) is 3.79. The summed E-state index contributed by atoms with van der Waals surface area (Å²) in [5.41, 5.74) is 5.43. The minimum absolute atomic E-state index is 0. The van der Waals surface area contributed by atoms with Gasteiger partial charge in [0.15, 0.2) is 12.1 Å². The summed E-state index contributed by atoms with van der Waals surface area (Å²) in [6.07, 6.45) is -0.933. The number of rotatable bonds is 5. The SMILES string of the molecule is Nc1nc2c(c(=O)[nH]1)NCN2COC(O)CCO.O.O. The number of nitrogens with one attached hydrogen (secondary N) is 2. The Morgan fingerprint density at radius 3 is 2.85 bits per heavy atom. The fourth-order valence-corrected chi connectivity index (χ4v) is 1.59. The second-order valence-corrected chi connectivity index (χ2v) is 3.79. The third-order valence-electron chi connectivity index (χ3n) is 2.46. The summed E-state index contributed by atoms with van der Waals surface area (Å²) in [7, 11) is 0. The number of aliphatic hydroxyl groups excluding tert-OH is 2. The molecule has 11 heteroatoms. The van der Waals surface area contributed by atoms with Gasteiger partial charge in [-0.15, -0.1) is 0 Å². The molecule has 1 unspecified atom stereocenters. The second kappa shape index (κ2) is 7.62. The molecule has 0 saturated carbocycles. The van der Waals surface area contributed by atoms with Gasteiger partial charge in [0, 0.05) is 13.0 Å². The van der Waals surface area contributed by atoms with Crippen LogP contribution in [0.2, 0.25) is 0 Å². The average Bonchev–Trinajstić information content (AvgIpc) is 2.70. The lowest BCUT2D eigenvalue weighted by atomic mass is 10.4. The van der Waals surface area contributed by atoms with Crippen LogP contribution in [-0.4, -0.2) is 57.4 Å². The standard InChI is InChI=1S/C9H15N5O4.2H2O/c10-9-12-7-6(8(17)13-9)11-3-14(7)4-18-5(16)1-2-15;;/h5,11,15-16H,1-4H2,(H3,10,12,13,17);2*1H2. The largest absolute Gasteiger partial charge is 0.412 e. The first kappa shape index (κ1) is 18.1. The van der Waals surface area contributed by atoms with Gasteiger partial charge in [0.1, 0.15) is 12.4 Å². The molecular formula is C9H19N5O6. The molecular weight excluding hydrogens is 274 g/mol. The lowest BCUT2D eigenvalue weighted by molar-refractivity contribution is -0.108. The van der Waals surface area contributed by atoms with E-state index in [2.05, 4.69) is 15.3 Å². The Kier molecular flexibility index (Phi) is 6.89. The molecule has 0 aromatic carbocycles. The van der Waals surface area contributed by atoms with E-state index in [0.29, 0.717) is 18.2 Å². The van der Waals surface area contributed by atoms with E-state index in [-0.39, 0.29) is 42.2 Å². The molecule has 1 atom stereocenters. The number of nitrogens with two attached hydrogens (primary N) is 1. The molecule has 1 aliphatic rings. The molecule has 11 nitrogen and oxygen atoms in total. The first-order valence-electron chi connectivity index (χ1n) is 5.41. The molecule has 0 amide bonds. The molecule has 0 bridgehead atoms. The number of aromatic nitrogens is 2. The maximum atomic E-state index is 11.5. The number of hydrogen-bond acceptors (Lipinski definition) is 8. The number of ether oxygens (including phenoxy) is 1. The minimum Gasteiger partial charge on any atom is -0.412 e. The van der Waals surface area contributed by atoms with Gasteiger partial charge in [0.05, 0.1) is 6.67 Å². The molecule has 1 aliphatic heterocycles. The molecule has 0 aliphatic carbocycles. The van der Waals surface area contributed by atoms with E-state index >= 15 is 0 Å². The summed E-state index contributed by atoms with van der Waals surface area (Å²) in [5, 5.41) is 20.8. The first-order valence-corrected chi connectivity index (χ1v) is 5.41. The second-order valence-electron chi connectivity index (χ2n) is 3.79. The van der Waals surface area contributed by atoms with Gasteiger partial charge in [-0.25, -0.2) is 0 Å². The number of H-pyrrole nitrogens is 1. The zero-order chi connectivity index (χ0) is 13.1. The molecule has 116 valence electrons. The summed E-state index contributed by atoms with van der Waals surface area (Å²) in [6.45, 7) is 0.207. The Morgan fingerprint density at radius 1 is 1.50 bits per heavy atom. The molecule has 0 spiro atoms. The number of anilines is 3. The van der Waals surface area contributed by atoms with Crippen LogP contribution in [0, 0.1) is 0 Å². The number of nitrogen functional groups attached to an aromatic ring is 1.